The van der Waals surface area contributed by atoms with Crippen LogP contribution in [0.1, 0.15) is 27.7 Å². The number of hydrogen-bond donors (Lipinski definition) is 0. The minimum Gasteiger partial charge on any atom is -0.110 e. The average Bonchev–Trinajstić information content (AvgIpc) is 2.34. The van der Waals surface area contributed by atoms with E-state index in [1.54, 1.807) is 10.6 Å². The molecule has 0 aliphatic heterocycles. The second kappa shape index (κ2) is 7.41. The van der Waals surface area contributed by atoms with Crippen molar-refractivity contribution < 1.29 is 0 Å². The van der Waals surface area contributed by atoms with Crippen molar-refractivity contribution in [3.63, 3.8) is 0 Å². The topological polar surface area (TPSA) is 0 Å². The van der Waals surface area contributed by atoms with Crippen molar-refractivity contribution in [1.29, 1.82) is 0 Å². The van der Waals surface area contributed by atoms with Gasteiger partial charge in [-0.1, -0.05) is 52.0 Å². The maximum absolute atomic E-state index is 2.41. The Bertz CT molecular complexity index is 309. The normalized spacial score (nSPS) is 15.6. The van der Waals surface area contributed by atoms with Gasteiger partial charge in [0.05, 0.1) is 0 Å². The molecular weight excluding hydrogens is 230 g/mol. The van der Waals surface area contributed by atoms with Crippen molar-refractivity contribution in [2.75, 3.05) is 24.6 Å². The van der Waals surface area contributed by atoms with Crippen LogP contribution in [0.3, 0.4) is 0 Å². The first-order chi connectivity index (χ1) is 7.78. The summed E-state index contributed by atoms with van der Waals surface area (Å²) in [6, 6.07) is 0. The Morgan fingerprint density at radius 1 is 0.688 bits per heavy atom. The molecule has 92 valence electrons. The monoisotopic (exact) mass is 256 g/mol. The number of rotatable bonds is 4. The molecule has 0 radical (unpaired) electrons. The lowest BCUT2D eigenvalue weighted by atomic mass is 10.2. The van der Waals surface area contributed by atoms with Crippen molar-refractivity contribution in [3.05, 3.63) is 24.3 Å². The Kier molecular flexibility index (Phi) is 6.55. The third-order valence-corrected chi connectivity index (χ3v) is 9.46. The van der Waals surface area contributed by atoms with E-state index < -0.39 is 0 Å². The van der Waals surface area contributed by atoms with Gasteiger partial charge in [-0.05, 0) is 35.2 Å². The van der Waals surface area contributed by atoms with E-state index in [4.69, 9.17) is 0 Å². The first-order valence-corrected chi connectivity index (χ1v) is 10.4. The Labute approximate surface area is 103 Å². The molecule has 0 unspecified atom stereocenters. The molecule has 1 aliphatic rings. The molecule has 0 nitrogen and oxygen atoms in total. The minimum atomic E-state index is -0.269. The molecule has 16 heavy (non-hydrogen) atoms. The van der Waals surface area contributed by atoms with E-state index in [-0.39, 0.29) is 15.1 Å². The van der Waals surface area contributed by atoms with Crippen LogP contribution in [-0.4, -0.2) is 35.2 Å². The average molecular weight is 256 g/mol. The lowest BCUT2D eigenvalue weighted by Crippen LogP contribution is -2.12. The fourth-order valence-electron chi connectivity index (χ4n) is 2.36. The van der Waals surface area contributed by atoms with Crippen LogP contribution >= 0.6 is 15.1 Å². The van der Waals surface area contributed by atoms with Crippen LogP contribution in [0, 0.1) is 0 Å². The van der Waals surface area contributed by atoms with E-state index in [1.165, 1.54) is 24.6 Å². The fraction of sp³-hybridized carbons (Fsp3) is 0.571. The van der Waals surface area contributed by atoms with Crippen LogP contribution in [0.4, 0.5) is 0 Å². The molecule has 0 heterocycles. The molecule has 0 N–H and O–H groups in total. The zero-order valence-electron chi connectivity index (χ0n) is 11.1. The van der Waals surface area contributed by atoms with Crippen LogP contribution in [0.15, 0.2) is 24.3 Å². The molecule has 1 rings (SSSR count). The second-order valence-electron chi connectivity index (χ2n) is 4.17. The number of allylic oxidation sites excluding steroid dienone is 4. The van der Waals surface area contributed by atoms with Crippen molar-refractivity contribution in [2.45, 2.75) is 27.7 Å². The van der Waals surface area contributed by atoms with Crippen LogP contribution < -0.4 is 0 Å². The SMILES string of the molecule is CC[PH](CC)=C1C=CC=CC1=[PH](CC)CC. The fourth-order valence-corrected chi connectivity index (χ4v) is 7.54. The molecule has 0 spiro atoms. The van der Waals surface area contributed by atoms with Crippen molar-refractivity contribution in [1.82, 2.24) is 0 Å². The highest BCUT2D eigenvalue weighted by atomic mass is 31.1. The molecule has 0 amide bonds. The van der Waals surface area contributed by atoms with Crippen molar-refractivity contribution in [3.8, 4) is 0 Å². The van der Waals surface area contributed by atoms with Gasteiger partial charge in [-0.3, -0.25) is 0 Å². The van der Waals surface area contributed by atoms with E-state index in [9.17, 15) is 0 Å². The number of hydrogen-bond acceptors (Lipinski definition) is 0. The lowest BCUT2D eigenvalue weighted by molar-refractivity contribution is 1.43. The maximum atomic E-state index is 2.41. The van der Waals surface area contributed by atoms with E-state index in [0.29, 0.717) is 0 Å². The van der Waals surface area contributed by atoms with Crippen LogP contribution in [-0.2, 0) is 0 Å². The van der Waals surface area contributed by atoms with Gasteiger partial charge >= 0.3 is 0 Å². The summed E-state index contributed by atoms with van der Waals surface area (Å²) in [5, 5.41) is 3.49. The van der Waals surface area contributed by atoms with E-state index >= 15 is 0 Å². The molecule has 0 aromatic carbocycles. The molecule has 0 aromatic heterocycles. The molecule has 0 aromatic rings. The van der Waals surface area contributed by atoms with Gasteiger partial charge < -0.3 is 0 Å². The van der Waals surface area contributed by atoms with E-state index in [0.717, 1.165) is 0 Å². The highest BCUT2D eigenvalue weighted by Gasteiger charge is 2.09. The predicted molar refractivity (Wildman–Crippen MR) is 87.1 cm³/mol. The third-order valence-electron chi connectivity index (χ3n) is 3.40. The quantitative estimate of drug-likeness (QED) is 0.668. The van der Waals surface area contributed by atoms with Gasteiger partial charge in [0.15, 0.2) is 0 Å². The minimum absolute atomic E-state index is 0.269. The lowest BCUT2D eigenvalue weighted by Gasteiger charge is -2.18. The van der Waals surface area contributed by atoms with Gasteiger partial charge in [0.2, 0.25) is 0 Å². The Hall–Kier alpha value is 0.0800. The first kappa shape index (κ1) is 14.1. The van der Waals surface area contributed by atoms with Crippen LogP contribution in [0.2, 0.25) is 0 Å². The summed E-state index contributed by atoms with van der Waals surface area (Å²) in [5.41, 5.74) is 0. The van der Waals surface area contributed by atoms with Gasteiger partial charge in [-0.25, -0.2) is 0 Å². The van der Waals surface area contributed by atoms with Gasteiger partial charge in [-0.15, -0.1) is 15.1 Å². The van der Waals surface area contributed by atoms with Gasteiger partial charge in [0.1, 0.15) is 0 Å². The summed E-state index contributed by atoms with van der Waals surface area (Å²) in [6.45, 7) is 9.44. The van der Waals surface area contributed by atoms with Gasteiger partial charge in [-0.2, -0.15) is 0 Å². The first-order valence-electron chi connectivity index (χ1n) is 6.57. The van der Waals surface area contributed by atoms with Gasteiger partial charge in [0.25, 0.3) is 0 Å². The molecular formula is C14H26P2. The molecule has 0 bridgehead atoms. The summed E-state index contributed by atoms with van der Waals surface area (Å²) in [5.74, 6) is 0. The Morgan fingerprint density at radius 2 is 1.00 bits per heavy atom. The van der Waals surface area contributed by atoms with Crippen molar-refractivity contribution >= 4 is 25.7 Å². The smallest absolute Gasteiger partial charge is 0.0239 e. The highest BCUT2D eigenvalue weighted by Crippen LogP contribution is 2.33. The summed E-state index contributed by atoms with van der Waals surface area (Å²) in [6.07, 6.45) is 14.8. The molecule has 1 aliphatic carbocycles. The standard InChI is InChI=1S/C14H26P2/c1-5-15(6-2)13-11-9-10-12-14(13)16(7-3)8-4/h9-12,15-16H,5-8H2,1-4H3. The second-order valence-corrected chi connectivity index (χ2v) is 10.5. The predicted octanol–water partition coefficient (Wildman–Crippen LogP) is 3.97. The van der Waals surface area contributed by atoms with Crippen molar-refractivity contribution in [2.24, 2.45) is 0 Å². The Morgan fingerprint density at radius 3 is 1.25 bits per heavy atom. The largest absolute Gasteiger partial charge is 0.110 e. The third kappa shape index (κ3) is 3.28. The van der Waals surface area contributed by atoms with E-state index in [1.807, 2.05) is 0 Å². The van der Waals surface area contributed by atoms with Gasteiger partial charge in [0, 0.05) is 0 Å². The summed E-state index contributed by atoms with van der Waals surface area (Å²) < 4.78 is 0. The van der Waals surface area contributed by atoms with E-state index in [2.05, 4.69) is 52.0 Å². The van der Waals surface area contributed by atoms with Crippen LogP contribution in [0.5, 0.6) is 0 Å². The molecule has 2 heteroatoms. The zero-order valence-corrected chi connectivity index (χ0v) is 13.1. The molecule has 0 saturated heterocycles. The Balaban J connectivity index is 3.26. The molecule has 0 saturated carbocycles. The summed E-state index contributed by atoms with van der Waals surface area (Å²) >= 11 is 0. The summed E-state index contributed by atoms with van der Waals surface area (Å²) in [4.78, 5) is 0. The highest BCUT2D eigenvalue weighted by molar-refractivity contribution is 7.69. The zero-order chi connectivity index (χ0) is 12.0. The van der Waals surface area contributed by atoms with Crippen LogP contribution in [0.25, 0.3) is 0 Å². The molecule has 0 fully saturated rings. The summed E-state index contributed by atoms with van der Waals surface area (Å²) in [7, 11) is -0.539. The maximum Gasteiger partial charge on any atom is -0.0239 e. The molecule has 0 atom stereocenters.